The molecule has 0 saturated heterocycles. The van der Waals surface area contributed by atoms with Crippen molar-refractivity contribution in [1.82, 2.24) is 10.4 Å². The maximum Gasteiger partial charge on any atom is 0.411 e. The molecule has 2 rings (SSSR count). The third-order valence-electron chi connectivity index (χ3n) is 2.77. The number of nitrogens with two attached hydrogens (primary N) is 1. The smallest absolute Gasteiger partial charge is 0.370 e. The summed E-state index contributed by atoms with van der Waals surface area (Å²) < 4.78 is 40.7. The number of nitrogens with zero attached hydrogens (tertiary/aromatic N) is 1. The Kier molecular flexibility index (Phi) is 4.53. The second-order valence-corrected chi connectivity index (χ2v) is 4.31. The maximum absolute atomic E-state index is 12.0. The average Bonchev–Trinajstić information content (AvgIpc) is 2.42. The van der Waals surface area contributed by atoms with Gasteiger partial charge in [-0.2, -0.15) is 13.2 Å². The molecule has 0 saturated carbocycles. The number of fused-ring (bicyclic) bond motifs is 1. The number of alkyl halides is 3. The van der Waals surface area contributed by atoms with Crippen LogP contribution in [0.25, 0.3) is 10.9 Å². The Balaban J connectivity index is 2.09. The summed E-state index contributed by atoms with van der Waals surface area (Å²) in [7, 11) is 0. The van der Waals surface area contributed by atoms with Crippen molar-refractivity contribution in [2.45, 2.75) is 12.2 Å². The molecular weight excluding hydrogens is 271 g/mol. The monoisotopic (exact) mass is 285 g/mol. The Hall–Kier alpha value is -1.70. The topological polar surface area (TPSA) is 60.2 Å². The molecule has 4 nitrogen and oxygen atoms in total. The normalized spacial score (nSPS) is 13.6. The number of rotatable bonds is 5. The van der Waals surface area contributed by atoms with Crippen LogP contribution in [0.2, 0.25) is 0 Å². The fraction of sp³-hybridized carbons (Fsp3) is 0.308. The van der Waals surface area contributed by atoms with Gasteiger partial charge in [0, 0.05) is 11.6 Å². The third kappa shape index (κ3) is 3.89. The lowest BCUT2D eigenvalue weighted by Crippen LogP contribution is -2.32. The largest absolute Gasteiger partial charge is 0.411 e. The summed E-state index contributed by atoms with van der Waals surface area (Å²) in [5.41, 5.74) is 3.92. The number of pyridine rings is 1. The van der Waals surface area contributed by atoms with E-state index in [2.05, 4.69) is 15.1 Å². The quantitative estimate of drug-likeness (QED) is 0.654. The number of aromatic nitrogens is 1. The standard InChI is InChI=1S/C13H14F3N3O/c14-13(15,16)8-20-7-12(19-17)10-5-9-3-1-2-4-11(9)18-6-10/h1-6,12,19H,7-8,17H2. The van der Waals surface area contributed by atoms with Gasteiger partial charge in [-0.1, -0.05) is 18.2 Å². The number of benzene rings is 1. The number of ether oxygens (including phenoxy) is 1. The van der Waals surface area contributed by atoms with Crippen LogP contribution in [0.4, 0.5) is 13.2 Å². The molecule has 3 N–H and O–H groups in total. The third-order valence-corrected chi connectivity index (χ3v) is 2.77. The molecule has 1 atom stereocenters. The van der Waals surface area contributed by atoms with Gasteiger partial charge in [0.2, 0.25) is 0 Å². The summed E-state index contributed by atoms with van der Waals surface area (Å²) in [6.07, 6.45) is -2.77. The number of hydrazine groups is 1. The number of hydrogen-bond donors (Lipinski definition) is 2. The molecule has 2 aromatic rings. The van der Waals surface area contributed by atoms with Gasteiger partial charge >= 0.3 is 6.18 Å². The van der Waals surface area contributed by atoms with Crippen LogP contribution in [0.15, 0.2) is 36.5 Å². The number of para-hydroxylation sites is 1. The molecule has 7 heteroatoms. The van der Waals surface area contributed by atoms with Crippen molar-refractivity contribution >= 4 is 10.9 Å². The number of nitrogens with one attached hydrogen (secondary N) is 1. The first-order valence-electron chi connectivity index (χ1n) is 5.95. The molecule has 108 valence electrons. The van der Waals surface area contributed by atoms with Crippen LogP contribution in [0.5, 0.6) is 0 Å². The lowest BCUT2D eigenvalue weighted by atomic mass is 10.1. The van der Waals surface area contributed by atoms with Crippen molar-refractivity contribution in [1.29, 1.82) is 0 Å². The minimum Gasteiger partial charge on any atom is -0.370 e. The molecule has 0 bridgehead atoms. The first kappa shape index (κ1) is 14.7. The van der Waals surface area contributed by atoms with Crippen LogP contribution in [-0.4, -0.2) is 24.4 Å². The Morgan fingerprint density at radius 3 is 2.75 bits per heavy atom. The van der Waals surface area contributed by atoms with Gasteiger partial charge in [-0.25, -0.2) is 0 Å². The van der Waals surface area contributed by atoms with Crippen LogP contribution in [0.1, 0.15) is 11.6 Å². The summed E-state index contributed by atoms with van der Waals surface area (Å²) in [5.74, 6) is 5.36. The molecule has 1 heterocycles. The van der Waals surface area contributed by atoms with E-state index >= 15 is 0 Å². The maximum atomic E-state index is 12.0. The van der Waals surface area contributed by atoms with Gasteiger partial charge in [0.25, 0.3) is 0 Å². The molecule has 20 heavy (non-hydrogen) atoms. The van der Waals surface area contributed by atoms with Gasteiger partial charge in [-0.3, -0.25) is 16.3 Å². The molecule has 1 unspecified atom stereocenters. The van der Waals surface area contributed by atoms with Crippen molar-refractivity contribution < 1.29 is 17.9 Å². The summed E-state index contributed by atoms with van der Waals surface area (Å²) >= 11 is 0. The zero-order valence-corrected chi connectivity index (χ0v) is 10.5. The van der Waals surface area contributed by atoms with Gasteiger partial charge in [0.1, 0.15) is 6.61 Å². The molecule has 0 radical (unpaired) electrons. The van der Waals surface area contributed by atoms with Crippen LogP contribution >= 0.6 is 0 Å². The van der Waals surface area contributed by atoms with Gasteiger partial charge in [-0.05, 0) is 17.7 Å². The van der Waals surface area contributed by atoms with Crippen molar-refractivity contribution in [2.24, 2.45) is 5.84 Å². The lowest BCUT2D eigenvalue weighted by molar-refractivity contribution is -0.175. The van der Waals surface area contributed by atoms with Crippen molar-refractivity contribution in [3.05, 3.63) is 42.1 Å². The fourth-order valence-corrected chi connectivity index (χ4v) is 1.81. The first-order chi connectivity index (χ1) is 9.49. The van der Waals surface area contributed by atoms with E-state index in [1.165, 1.54) is 0 Å². The highest BCUT2D eigenvalue weighted by atomic mass is 19.4. The second kappa shape index (κ2) is 6.17. The molecule has 1 aromatic carbocycles. The molecule has 0 aliphatic heterocycles. The zero-order valence-electron chi connectivity index (χ0n) is 10.5. The minimum absolute atomic E-state index is 0.184. The van der Waals surface area contributed by atoms with Crippen LogP contribution in [-0.2, 0) is 4.74 Å². The van der Waals surface area contributed by atoms with Crippen LogP contribution in [0.3, 0.4) is 0 Å². The highest BCUT2D eigenvalue weighted by Gasteiger charge is 2.28. The lowest BCUT2D eigenvalue weighted by Gasteiger charge is -2.17. The van der Waals surface area contributed by atoms with E-state index in [4.69, 9.17) is 5.84 Å². The van der Waals surface area contributed by atoms with E-state index in [0.717, 1.165) is 10.9 Å². The van der Waals surface area contributed by atoms with Gasteiger partial charge in [-0.15, -0.1) is 0 Å². The fourth-order valence-electron chi connectivity index (χ4n) is 1.81. The highest BCUT2D eigenvalue weighted by Crippen LogP contribution is 2.20. The molecule has 0 aliphatic carbocycles. The van der Waals surface area contributed by atoms with E-state index in [9.17, 15) is 13.2 Å². The number of hydrogen-bond acceptors (Lipinski definition) is 4. The SMILES string of the molecule is NNC(COCC(F)(F)F)c1cnc2ccccc2c1. The van der Waals surface area contributed by atoms with E-state index in [1.54, 1.807) is 6.20 Å². The molecule has 0 aliphatic rings. The van der Waals surface area contributed by atoms with Gasteiger partial charge < -0.3 is 4.74 Å². The summed E-state index contributed by atoms with van der Waals surface area (Å²) in [6.45, 7) is -1.48. The van der Waals surface area contributed by atoms with E-state index in [0.29, 0.717) is 5.56 Å². The molecule has 0 amide bonds. The van der Waals surface area contributed by atoms with E-state index in [1.807, 2.05) is 30.3 Å². The van der Waals surface area contributed by atoms with E-state index < -0.39 is 18.8 Å². The molecule has 0 fully saturated rings. The highest BCUT2D eigenvalue weighted by molar-refractivity contribution is 5.78. The summed E-state index contributed by atoms with van der Waals surface area (Å²) in [6, 6.07) is 8.72. The number of halogens is 3. The summed E-state index contributed by atoms with van der Waals surface area (Å²) in [4.78, 5) is 4.23. The molecule has 1 aromatic heterocycles. The minimum atomic E-state index is -4.35. The Labute approximate surface area is 113 Å². The van der Waals surface area contributed by atoms with Crippen LogP contribution < -0.4 is 11.3 Å². The van der Waals surface area contributed by atoms with Gasteiger partial charge in [0.05, 0.1) is 18.2 Å². The predicted octanol–water partition coefficient (Wildman–Crippen LogP) is 2.32. The second-order valence-electron chi connectivity index (χ2n) is 4.31. The molecule has 0 spiro atoms. The van der Waals surface area contributed by atoms with Gasteiger partial charge in [0.15, 0.2) is 0 Å². The average molecular weight is 285 g/mol. The predicted molar refractivity (Wildman–Crippen MR) is 68.7 cm³/mol. The zero-order chi connectivity index (χ0) is 14.6. The Bertz CT molecular complexity index is 574. The van der Waals surface area contributed by atoms with Crippen molar-refractivity contribution in [3.8, 4) is 0 Å². The summed E-state index contributed by atoms with van der Waals surface area (Å²) in [5, 5.41) is 0.890. The van der Waals surface area contributed by atoms with Crippen LogP contribution in [0, 0.1) is 0 Å². The Morgan fingerprint density at radius 2 is 2.05 bits per heavy atom. The first-order valence-corrected chi connectivity index (χ1v) is 5.95. The molecular formula is C13H14F3N3O. The van der Waals surface area contributed by atoms with Crippen molar-refractivity contribution in [2.75, 3.05) is 13.2 Å². The van der Waals surface area contributed by atoms with E-state index in [-0.39, 0.29) is 6.61 Å². The Morgan fingerprint density at radius 1 is 1.30 bits per heavy atom. The van der Waals surface area contributed by atoms with Crippen molar-refractivity contribution in [3.63, 3.8) is 0 Å².